The number of nitrogens with one attached hydrogen (secondary N) is 2. The Balaban J connectivity index is 1.46. The standard InChI is InChI=1S/C35H40F3N5O5S/c1-4-29(44)39-24-11-13-25(14-12-24)43-26(19-34(15-16-34)35(36,37)38)20-48-30-18-28(31-21(2)7-5-8-22(31)3)40-33(41-30)42-49(46,47)27-10-6-9-23(17-27)32(43)45/h5-10,17-18,24-26H,4,11-16,19-20H2,1-3H3,(H,39,44)(H,40,41,42)/t24?,25?,26-/m1/s1. The van der Waals surface area contributed by atoms with E-state index in [1.54, 1.807) is 6.92 Å². The Morgan fingerprint density at radius 1 is 1.04 bits per heavy atom. The molecule has 2 aliphatic carbocycles. The van der Waals surface area contributed by atoms with Crippen molar-refractivity contribution in [1.29, 1.82) is 0 Å². The Labute approximate surface area is 283 Å². The van der Waals surface area contributed by atoms with Gasteiger partial charge < -0.3 is 15.0 Å². The summed E-state index contributed by atoms with van der Waals surface area (Å²) in [7, 11) is -4.31. The lowest BCUT2D eigenvalue weighted by Crippen LogP contribution is -2.53. The predicted octanol–water partition coefficient (Wildman–Crippen LogP) is 6.33. The van der Waals surface area contributed by atoms with Crippen LogP contribution < -0.4 is 14.8 Å². The van der Waals surface area contributed by atoms with Gasteiger partial charge in [0.15, 0.2) is 0 Å². The number of ether oxygens (including phenoxy) is 1. The van der Waals surface area contributed by atoms with Crippen molar-refractivity contribution >= 4 is 27.8 Å². The predicted molar refractivity (Wildman–Crippen MR) is 176 cm³/mol. The lowest BCUT2D eigenvalue weighted by atomic mass is 9.87. The molecule has 3 aliphatic rings. The number of hydrogen-bond donors (Lipinski definition) is 2. The molecule has 0 saturated heterocycles. The second-order valence-electron chi connectivity index (χ2n) is 13.4. The number of anilines is 1. The van der Waals surface area contributed by atoms with Crippen LogP contribution in [0, 0.1) is 19.3 Å². The molecule has 2 fully saturated rings. The molecule has 4 bridgehead atoms. The number of benzene rings is 2. The van der Waals surface area contributed by atoms with Crippen molar-refractivity contribution in [2.75, 3.05) is 11.3 Å². The molecule has 2 N–H and O–H groups in total. The number of nitrogens with zero attached hydrogens (tertiary/aromatic N) is 3. The Bertz CT molecular complexity index is 1840. The van der Waals surface area contributed by atoms with Crippen molar-refractivity contribution in [3.63, 3.8) is 0 Å². The maximum Gasteiger partial charge on any atom is 0.394 e. The molecule has 0 radical (unpaired) electrons. The molecular weight excluding hydrogens is 659 g/mol. The molecule has 1 aliphatic heterocycles. The average molecular weight is 700 g/mol. The zero-order valence-electron chi connectivity index (χ0n) is 27.6. The molecule has 0 unspecified atom stereocenters. The maximum absolute atomic E-state index is 14.5. The third-order valence-corrected chi connectivity index (χ3v) is 11.3. The van der Waals surface area contributed by atoms with Crippen LogP contribution in [0.5, 0.6) is 5.88 Å². The molecule has 6 rings (SSSR count). The number of alkyl halides is 3. The molecule has 2 saturated carbocycles. The number of halogens is 3. The first-order chi connectivity index (χ1) is 23.2. The topological polar surface area (TPSA) is 131 Å². The summed E-state index contributed by atoms with van der Waals surface area (Å²) in [5, 5.41) is 2.99. The minimum Gasteiger partial charge on any atom is -0.475 e. The van der Waals surface area contributed by atoms with Crippen LogP contribution in [-0.4, -0.2) is 66.0 Å². The fourth-order valence-electron chi connectivity index (χ4n) is 7.10. The summed E-state index contributed by atoms with van der Waals surface area (Å²) < 4.78 is 79.4. The Morgan fingerprint density at radius 3 is 2.35 bits per heavy atom. The highest BCUT2D eigenvalue weighted by atomic mass is 32.2. The summed E-state index contributed by atoms with van der Waals surface area (Å²) in [6.07, 6.45) is -2.72. The van der Waals surface area contributed by atoms with Crippen molar-refractivity contribution in [2.24, 2.45) is 5.41 Å². The summed E-state index contributed by atoms with van der Waals surface area (Å²) in [6.45, 7) is 5.21. The number of amides is 2. The molecular formula is C35H40F3N5O5S. The molecule has 1 aromatic heterocycles. The van der Waals surface area contributed by atoms with Gasteiger partial charge in [-0.15, -0.1) is 0 Å². The summed E-state index contributed by atoms with van der Waals surface area (Å²) in [4.78, 5) is 36.6. The summed E-state index contributed by atoms with van der Waals surface area (Å²) in [5.74, 6) is -0.999. The zero-order valence-corrected chi connectivity index (χ0v) is 28.5. The second-order valence-corrected chi connectivity index (χ2v) is 15.1. The van der Waals surface area contributed by atoms with Crippen molar-refractivity contribution in [2.45, 2.75) is 101 Å². The van der Waals surface area contributed by atoms with Gasteiger partial charge in [-0.2, -0.15) is 18.2 Å². The molecule has 49 heavy (non-hydrogen) atoms. The Morgan fingerprint density at radius 2 is 1.71 bits per heavy atom. The molecule has 3 aromatic rings. The van der Waals surface area contributed by atoms with E-state index in [0.29, 0.717) is 37.8 Å². The minimum atomic E-state index is -4.49. The van der Waals surface area contributed by atoms with Crippen molar-refractivity contribution in [1.82, 2.24) is 20.2 Å². The molecule has 262 valence electrons. The van der Waals surface area contributed by atoms with Crippen LogP contribution in [-0.2, 0) is 14.8 Å². The van der Waals surface area contributed by atoms with Crippen LogP contribution in [0.2, 0.25) is 0 Å². The molecule has 1 atom stereocenters. The number of rotatable bonds is 6. The number of carbonyl (C=O) groups excluding carboxylic acids is 2. The van der Waals surface area contributed by atoms with Crippen LogP contribution in [0.15, 0.2) is 53.4 Å². The molecule has 2 amide bonds. The Kier molecular flexibility index (Phi) is 9.38. The fraction of sp³-hybridized carbons (Fsp3) is 0.486. The van der Waals surface area contributed by atoms with Gasteiger partial charge in [-0.25, -0.2) is 18.1 Å². The number of sulfonamides is 1. The van der Waals surface area contributed by atoms with Crippen LogP contribution in [0.1, 0.15) is 79.8 Å². The number of aryl methyl sites for hydroxylation is 2. The van der Waals surface area contributed by atoms with E-state index in [4.69, 9.17) is 4.74 Å². The van der Waals surface area contributed by atoms with Gasteiger partial charge in [0, 0.05) is 35.7 Å². The smallest absolute Gasteiger partial charge is 0.394 e. The first kappa shape index (κ1) is 34.7. The number of aromatic nitrogens is 2. The van der Waals surface area contributed by atoms with Crippen LogP contribution >= 0.6 is 0 Å². The molecule has 2 aromatic carbocycles. The van der Waals surface area contributed by atoms with E-state index in [9.17, 15) is 31.2 Å². The van der Waals surface area contributed by atoms with E-state index in [1.807, 2.05) is 32.0 Å². The van der Waals surface area contributed by atoms with E-state index in [-0.39, 0.29) is 60.1 Å². The SMILES string of the molecule is CCC(=O)NC1CCC(N2C(=O)c3cccc(c3)S(=O)(=O)Nc3nc(cc(-c4c(C)cccc4C)n3)OC[C@H]2CC2(C(F)(F)F)CC2)CC1. The zero-order chi connectivity index (χ0) is 35.1. The van der Waals surface area contributed by atoms with Crippen molar-refractivity contribution in [3.8, 4) is 17.1 Å². The first-order valence-corrected chi connectivity index (χ1v) is 18.1. The minimum absolute atomic E-state index is 0.0224. The van der Waals surface area contributed by atoms with Crippen LogP contribution in [0.4, 0.5) is 19.1 Å². The first-order valence-electron chi connectivity index (χ1n) is 16.6. The van der Waals surface area contributed by atoms with Gasteiger partial charge in [-0.05, 0) is 88.1 Å². The molecule has 0 spiro atoms. The molecule has 14 heteroatoms. The monoisotopic (exact) mass is 699 g/mol. The number of fused-ring (bicyclic) bond motifs is 4. The van der Waals surface area contributed by atoms with Gasteiger partial charge in [-0.1, -0.05) is 31.2 Å². The molecule has 10 nitrogen and oxygen atoms in total. The van der Waals surface area contributed by atoms with Gasteiger partial charge >= 0.3 is 6.18 Å². The van der Waals surface area contributed by atoms with Crippen LogP contribution in [0.3, 0.4) is 0 Å². The second kappa shape index (κ2) is 13.3. The summed E-state index contributed by atoms with van der Waals surface area (Å²) in [6, 6.07) is 11.0. The highest BCUT2D eigenvalue weighted by Gasteiger charge is 2.64. The van der Waals surface area contributed by atoms with Gasteiger partial charge in [-0.3, -0.25) is 9.59 Å². The summed E-state index contributed by atoms with van der Waals surface area (Å²) in [5.41, 5.74) is 0.890. The quantitative estimate of drug-likeness (QED) is 0.307. The van der Waals surface area contributed by atoms with Gasteiger partial charge in [0.05, 0.1) is 22.0 Å². The lowest BCUT2D eigenvalue weighted by Gasteiger charge is -2.43. The summed E-state index contributed by atoms with van der Waals surface area (Å²) >= 11 is 0. The van der Waals surface area contributed by atoms with Gasteiger partial charge in [0.2, 0.25) is 17.7 Å². The average Bonchev–Trinajstić information content (AvgIpc) is 3.85. The normalized spacial score (nSPS) is 23.2. The van der Waals surface area contributed by atoms with E-state index in [0.717, 1.165) is 16.7 Å². The van der Waals surface area contributed by atoms with E-state index in [1.165, 1.54) is 35.2 Å². The highest BCUT2D eigenvalue weighted by Crippen LogP contribution is 2.61. The van der Waals surface area contributed by atoms with E-state index >= 15 is 0 Å². The van der Waals surface area contributed by atoms with Crippen molar-refractivity contribution in [3.05, 3.63) is 65.2 Å². The number of carbonyl (C=O) groups is 2. The van der Waals surface area contributed by atoms with E-state index in [2.05, 4.69) is 20.0 Å². The molecule has 2 heterocycles. The highest BCUT2D eigenvalue weighted by molar-refractivity contribution is 7.92. The van der Waals surface area contributed by atoms with Gasteiger partial charge in [0.1, 0.15) is 6.61 Å². The van der Waals surface area contributed by atoms with E-state index < -0.39 is 39.6 Å². The third kappa shape index (κ3) is 7.24. The largest absolute Gasteiger partial charge is 0.475 e. The fourth-order valence-corrected chi connectivity index (χ4v) is 8.09. The third-order valence-electron chi connectivity index (χ3n) is 9.97. The van der Waals surface area contributed by atoms with Gasteiger partial charge in [0.25, 0.3) is 15.9 Å². The maximum atomic E-state index is 14.5. The number of hydrogen-bond acceptors (Lipinski definition) is 7. The van der Waals surface area contributed by atoms with Crippen molar-refractivity contribution < 1.29 is 35.9 Å². The van der Waals surface area contributed by atoms with Crippen LogP contribution in [0.25, 0.3) is 11.3 Å². The Hall–Kier alpha value is -4.20. The lowest BCUT2D eigenvalue weighted by molar-refractivity contribution is -0.193.